The van der Waals surface area contributed by atoms with Crippen LogP contribution in [0.25, 0.3) is 21.9 Å². The van der Waals surface area contributed by atoms with E-state index >= 15 is 0 Å². The Hall–Kier alpha value is -2.12. The van der Waals surface area contributed by atoms with Gasteiger partial charge in [0.15, 0.2) is 5.58 Å². The van der Waals surface area contributed by atoms with Crippen molar-refractivity contribution < 1.29 is 8.83 Å². The molecule has 4 aromatic rings. The van der Waals surface area contributed by atoms with Crippen LogP contribution in [0.2, 0.25) is 0 Å². The molecule has 0 fully saturated rings. The van der Waals surface area contributed by atoms with Crippen molar-refractivity contribution in [3.05, 3.63) is 47.7 Å². The molecule has 0 amide bonds. The lowest BCUT2D eigenvalue weighted by Crippen LogP contribution is -1.88. The summed E-state index contributed by atoms with van der Waals surface area (Å²) < 4.78 is 11.4. The van der Waals surface area contributed by atoms with Gasteiger partial charge in [0.25, 0.3) is 11.1 Å². The summed E-state index contributed by atoms with van der Waals surface area (Å²) in [6.07, 6.45) is 0. The predicted octanol–water partition coefficient (Wildman–Crippen LogP) is 4.79. The molecular formula is C15H11N3O2S2. The lowest BCUT2D eigenvalue weighted by molar-refractivity contribution is 0.481. The number of para-hydroxylation sites is 2. The van der Waals surface area contributed by atoms with Crippen molar-refractivity contribution in [3.8, 4) is 10.8 Å². The summed E-state index contributed by atoms with van der Waals surface area (Å²) in [6.45, 7) is 1.99. The van der Waals surface area contributed by atoms with Gasteiger partial charge in [-0.3, -0.25) is 0 Å². The number of aromatic nitrogens is 3. The first-order valence-corrected chi connectivity index (χ1v) is 8.45. The van der Waals surface area contributed by atoms with Gasteiger partial charge in [-0.1, -0.05) is 30.0 Å². The molecule has 3 aromatic heterocycles. The first-order valence-electron chi connectivity index (χ1n) is 6.69. The number of oxazole rings is 1. The number of thioether (sulfide) groups is 1. The number of hydrogen-bond acceptors (Lipinski definition) is 7. The Balaban J connectivity index is 1.55. The lowest BCUT2D eigenvalue weighted by Gasteiger charge is -2.01. The van der Waals surface area contributed by atoms with E-state index in [4.69, 9.17) is 8.83 Å². The summed E-state index contributed by atoms with van der Waals surface area (Å²) in [5.74, 6) is 1.12. The molecule has 0 saturated carbocycles. The van der Waals surface area contributed by atoms with E-state index in [2.05, 4.69) is 15.2 Å². The van der Waals surface area contributed by atoms with Gasteiger partial charge in [0.2, 0.25) is 5.89 Å². The molecule has 0 spiro atoms. The maximum Gasteiger partial charge on any atom is 0.257 e. The average molecular weight is 329 g/mol. The molecular weight excluding hydrogens is 318 g/mol. The summed E-state index contributed by atoms with van der Waals surface area (Å²) in [5, 5.41) is 10.8. The van der Waals surface area contributed by atoms with Crippen molar-refractivity contribution in [2.75, 3.05) is 0 Å². The summed E-state index contributed by atoms with van der Waals surface area (Å²) in [6, 6.07) is 11.6. The van der Waals surface area contributed by atoms with Crippen LogP contribution in [0, 0.1) is 0 Å². The molecule has 0 radical (unpaired) electrons. The number of benzene rings is 1. The standard InChI is InChI=1S/C15H11N3O2S2/c1-9(13-17-18-14(20-13)12-7-4-8-21-12)22-15-16-10-5-2-3-6-11(10)19-15/h2-9H,1H3/t9-/m0/s1. The highest BCUT2D eigenvalue weighted by atomic mass is 32.2. The minimum Gasteiger partial charge on any atom is -0.431 e. The Bertz CT molecular complexity index is 865. The second-order valence-corrected chi connectivity index (χ2v) is 6.87. The number of rotatable bonds is 4. The van der Waals surface area contributed by atoms with Crippen molar-refractivity contribution >= 4 is 34.2 Å². The lowest BCUT2D eigenvalue weighted by atomic mass is 10.3. The quantitative estimate of drug-likeness (QED) is 0.501. The molecule has 0 aliphatic rings. The molecule has 0 unspecified atom stereocenters. The fourth-order valence-corrected chi connectivity index (χ4v) is 3.43. The zero-order chi connectivity index (χ0) is 14.9. The minimum absolute atomic E-state index is 0.0331. The maximum absolute atomic E-state index is 5.73. The summed E-state index contributed by atoms with van der Waals surface area (Å²) >= 11 is 3.04. The Labute approximate surface area is 134 Å². The second-order valence-electron chi connectivity index (χ2n) is 4.63. The highest BCUT2D eigenvalue weighted by molar-refractivity contribution is 7.99. The maximum atomic E-state index is 5.73. The van der Waals surface area contributed by atoms with Crippen LogP contribution in [0.1, 0.15) is 18.1 Å². The van der Waals surface area contributed by atoms with Gasteiger partial charge in [0, 0.05) is 0 Å². The van der Waals surface area contributed by atoms with Crippen molar-refractivity contribution in [1.82, 2.24) is 15.2 Å². The van der Waals surface area contributed by atoms with Crippen LogP contribution in [0.3, 0.4) is 0 Å². The number of fused-ring (bicyclic) bond motifs is 1. The Morgan fingerprint density at radius 2 is 2.00 bits per heavy atom. The zero-order valence-electron chi connectivity index (χ0n) is 11.6. The number of hydrogen-bond donors (Lipinski definition) is 0. The monoisotopic (exact) mass is 329 g/mol. The van der Waals surface area contributed by atoms with Gasteiger partial charge in [-0.2, -0.15) is 0 Å². The van der Waals surface area contributed by atoms with Gasteiger partial charge >= 0.3 is 0 Å². The number of nitrogens with zero attached hydrogens (tertiary/aromatic N) is 3. The number of thiophene rings is 1. The summed E-state index contributed by atoms with van der Waals surface area (Å²) in [7, 11) is 0. The molecule has 0 aliphatic heterocycles. The van der Waals surface area contributed by atoms with Crippen LogP contribution in [-0.2, 0) is 0 Å². The van der Waals surface area contributed by atoms with Gasteiger partial charge in [0.05, 0.1) is 10.1 Å². The third kappa shape index (κ3) is 2.53. The minimum atomic E-state index is -0.0331. The Morgan fingerprint density at radius 3 is 2.82 bits per heavy atom. The van der Waals surface area contributed by atoms with E-state index in [1.807, 2.05) is 48.7 Å². The Kier molecular flexibility index (Phi) is 3.44. The van der Waals surface area contributed by atoms with Crippen LogP contribution in [0.15, 0.2) is 55.8 Å². The van der Waals surface area contributed by atoms with Gasteiger partial charge in [-0.15, -0.1) is 21.5 Å². The van der Waals surface area contributed by atoms with Crippen molar-refractivity contribution in [1.29, 1.82) is 0 Å². The second kappa shape index (κ2) is 5.58. The van der Waals surface area contributed by atoms with Crippen LogP contribution < -0.4 is 0 Å². The van der Waals surface area contributed by atoms with Crippen molar-refractivity contribution in [2.24, 2.45) is 0 Å². The van der Waals surface area contributed by atoms with Gasteiger partial charge in [0.1, 0.15) is 5.52 Å². The predicted molar refractivity (Wildman–Crippen MR) is 85.9 cm³/mol. The third-order valence-electron chi connectivity index (χ3n) is 3.07. The summed E-state index contributed by atoms with van der Waals surface area (Å²) in [5.41, 5.74) is 1.63. The normalized spacial score (nSPS) is 12.8. The third-order valence-corrected chi connectivity index (χ3v) is 4.86. The smallest absolute Gasteiger partial charge is 0.257 e. The van der Waals surface area contributed by atoms with Gasteiger partial charge in [-0.25, -0.2) is 4.98 Å². The molecule has 4 rings (SSSR count). The first kappa shape index (κ1) is 13.5. The molecule has 7 heteroatoms. The molecule has 0 bridgehead atoms. The van der Waals surface area contributed by atoms with Gasteiger partial charge in [-0.05, 0) is 30.5 Å². The van der Waals surface area contributed by atoms with Crippen LogP contribution in [-0.4, -0.2) is 15.2 Å². The molecule has 0 aliphatic carbocycles. The highest BCUT2D eigenvalue weighted by Crippen LogP contribution is 2.36. The van der Waals surface area contributed by atoms with Crippen molar-refractivity contribution in [3.63, 3.8) is 0 Å². The van der Waals surface area contributed by atoms with E-state index in [1.165, 1.54) is 11.8 Å². The SMILES string of the molecule is C[C@H](Sc1nc2ccccc2o1)c1nnc(-c2cccs2)o1. The average Bonchev–Trinajstić information content (AvgIpc) is 3.26. The highest BCUT2D eigenvalue weighted by Gasteiger charge is 2.19. The van der Waals surface area contributed by atoms with E-state index in [-0.39, 0.29) is 5.25 Å². The molecule has 5 nitrogen and oxygen atoms in total. The molecule has 110 valence electrons. The summed E-state index contributed by atoms with van der Waals surface area (Å²) in [4.78, 5) is 5.41. The molecule has 1 aromatic carbocycles. The van der Waals surface area contributed by atoms with Gasteiger partial charge < -0.3 is 8.83 Å². The molecule has 0 N–H and O–H groups in total. The van der Waals surface area contributed by atoms with E-state index in [1.54, 1.807) is 11.3 Å². The fraction of sp³-hybridized carbons (Fsp3) is 0.133. The molecule has 0 saturated heterocycles. The van der Waals surface area contributed by atoms with Crippen LogP contribution >= 0.6 is 23.1 Å². The van der Waals surface area contributed by atoms with E-state index in [0.717, 1.165) is 16.0 Å². The molecule has 1 atom stereocenters. The zero-order valence-corrected chi connectivity index (χ0v) is 13.2. The van der Waals surface area contributed by atoms with Crippen LogP contribution in [0.4, 0.5) is 0 Å². The van der Waals surface area contributed by atoms with E-state index < -0.39 is 0 Å². The van der Waals surface area contributed by atoms with E-state index in [0.29, 0.717) is 17.0 Å². The Morgan fingerprint density at radius 1 is 1.09 bits per heavy atom. The molecule has 3 heterocycles. The topological polar surface area (TPSA) is 65.0 Å². The molecule has 22 heavy (non-hydrogen) atoms. The fourth-order valence-electron chi connectivity index (χ4n) is 2.00. The largest absolute Gasteiger partial charge is 0.431 e. The van der Waals surface area contributed by atoms with E-state index in [9.17, 15) is 0 Å². The van der Waals surface area contributed by atoms with Crippen LogP contribution in [0.5, 0.6) is 0 Å². The first-order chi connectivity index (χ1) is 10.8. The van der Waals surface area contributed by atoms with Crippen molar-refractivity contribution in [2.45, 2.75) is 17.4 Å².